The van der Waals surface area contributed by atoms with E-state index in [1.165, 1.54) is 0 Å². The number of aliphatic carboxylic acids is 1. The average molecular weight is 266 g/mol. The van der Waals surface area contributed by atoms with E-state index in [1.54, 1.807) is 0 Å². The van der Waals surface area contributed by atoms with Gasteiger partial charge in [0.15, 0.2) is 0 Å². The lowest BCUT2D eigenvalue weighted by Crippen LogP contribution is -2.07. The summed E-state index contributed by atoms with van der Waals surface area (Å²) in [7, 11) is 0. The van der Waals surface area contributed by atoms with Crippen LogP contribution in [0.5, 0.6) is 0 Å². The monoisotopic (exact) mass is 266 g/mol. The molecule has 1 unspecified atom stereocenters. The van der Waals surface area contributed by atoms with Crippen molar-refractivity contribution >= 4 is 11.5 Å². The first kappa shape index (κ1) is 14.1. The third-order valence-electron chi connectivity index (χ3n) is 3.37. The zero-order valence-electron chi connectivity index (χ0n) is 11.3. The highest BCUT2D eigenvalue weighted by Gasteiger charge is 2.17. The quantitative estimate of drug-likeness (QED) is 0.844. The number of carbonyl (C=O) groups is 1. The van der Waals surface area contributed by atoms with Crippen LogP contribution in [0.4, 0.5) is 0 Å². The van der Waals surface area contributed by atoms with E-state index < -0.39 is 5.97 Å². The molecule has 0 aliphatic rings. The van der Waals surface area contributed by atoms with Crippen molar-refractivity contribution in [2.45, 2.75) is 18.8 Å². The first-order valence-electron chi connectivity index (χ1n) is 6.66. The largest absolute Gasteiger partial charge is 0.481 e. The van der Waals surface area contributed by atoms with Gasteiger partial charge in [0.05, 0.1) is 6.42 Å². The molecule has 2 rings (SSSR count). The van der Waals surface area contributed by atoms with Crippen LogP contribution in [0, 0.1) is 0 Å². The van der Waals surface area contributed by atoms with Crippen LogP contribution in [0.2, 0.25) is 0 Å². The molecule has 2 aromatic rings. The van der Waals surface area contributed by atoms with Crippen molar-refractivity contribution in [2.75, 3.05) is 0 Å². The molecule has 0 bridgehead atoms. The Labute approximate surface area is 119 Å². The molecule has 2 nitrogen and oxygen atoms in total. The first-order valence-corrected chi connectivity index (χ1v) is 6.66. The van der Waals surface area contributed by atoms with E-state index in [-0.39, 0.29) is 12.3 Å². The van der Waals surface area contributed by atoms with Crippen LogP contribution < -0.4 is 0 Å². The van der Waals surface area contributed by atoms with Crippen molar-refractivity contribution in [3.63, 3.8) is 0 Å². The van der Waals surface area contributed by atoms with Gasteiger partial charge in [0, 0.05) is 0 Å². The average Bonchev–Trinajstić information content (AvgIpc) is 2.48. The second-order valence-electron chi connectivity index (χ2n) is 4.88. The zero-order chi connectivity index (χ0) is 14.4. The molecular weight excluding hydrogens is 248 g/mol. The number of rotatable bonds is 6. The fourth-order valence-corrected chi connectivity index (χ4v) is 2.33. The minimum Gasteiger partial charge on any atom is -0.481 e. The van der Waals surface area contributed by atoms with Crippen molar-refractivity contribution < 1.29 is 9.90 Å². The van der Waals surface area contributed by atoms with Crippen LogP contribution in [0.15, 0.2) is 67.2 Å². The van der Waals surface area contributed by atoms with Crippen LogP contribution in [0.1, 0.15) is 29.9 Å². The van der Waals surface area contributed by atoms with Crippen LogP contribution in [0.25, 0.3) is 5.57 Å². The molecule has 0 aliphatic heterocycles. The van der Waals surface area contributed by atoms with Crippen molar-refractivity contribution in [3.8, 4) is 0 Å². The van der Waals surface area contributed by atoms with E-state index in [0.29, 0.717) is 6.42 Å². The van der Waals surface area contributed by atoms with Gasteiger partial charge in [-0.1, -0.05) is 67.2 Å². The summed E-state index contributed by atoms with van der Waals surface area (Å²) in [6.07, 6.45) is 0.774. The fourth-order valence-electron chi connectivity index (χ4n) is 2.33. The minimum absolute atomic E-state index is 0.0404. The van der Waals surface area contributed by atoms with Gasteiger partial charge in [0.2, 0.25) is 0 Å². The van der Waals surface area contributed by atoms with Gasteiger partial charge in [-0.25, -0.2) is 0 Å². The second kappa shape index (κ2) is 6.71. The molecule has 2 aromatic carbocycles. The van der Waals surface area contributed by atoms with Gasteiger partial charge in [0.25, 0.3) is 0 Å². The van der Waals surface area contributed by atoms with Gasteiger partial charge >= 0.3 is 5.97 Å². The number of carboxylic acids is 1. The molecule has 1 atom stereocenters. The Morgan fingerprint density at radius 2 is 1.50 bits per heavy atom. The Morgan fingerprint density at radius 1 is 0.950 bits per heavy atom. The van der Waals surface area contributed by atoms with Gasteiger partial charge in [-0.3, -0.25) is 4.79 Å². The van der Waals surface area contributed by atoms with E-state index in [1.807, 2.05) is 60.7 Å². The Kier molecular flexibility index (Phi) is 4.72. The SMILES string of the molecule is C=C(CC(CC(=O)O)c1ccccc1)c1ccccc1. The van der Waals surface area contributed by atoms with Gasteiger partial charge in [-0.2, -0.15) is 0 Å². The van der Waals surface area contributed by atoms with Crippen LogP contribution in [-0.2, 0) is 4.79 Å². The van der Waals surface area contributed by atoms with Gasteiger partial charge in [-0.05, 0) is 29.0 Å². The maximum Gasteiger partial charge on any atom is 0.303 e. The van der Waals surface area contributed by atoms with Crippen molar-refractivity contribution in [2.24, 2.45) is 0 Å². The molecule has 0 aliphatic carbocycles. The molecule has 0 spiro atoms. The third-order valence-corrected chi connectivity index (χ3v) is 3.37. The van der Waals surface area contributed by atoms with Crippen LogP contribution >= 0.6 is 0 Å². The van der Waals surface area contributed by atoms with E-state index in [2.05, 4.69) is 6.58 Å². The van der Waals surface area contributed by atoms with E-state index in [0.717, 1.165) is 16.7 Å². The lowest BCUT2D eigenvalue weighted by molar-refractivity contribution is -0.137. The molecule has 0 amide bonds. The number of hydrogen-bond donors (Lipinski definition) is 1. The Bertz CT molecular complexity index is 573. The van der Waals surface area contributed by atoms with E-state index in [9.17, 15) is 4.79 Å². The van der Waals surface area contributed by atoms with Crippen molar-refractivity contribution in [1.82, 2.24) is 0 Å². The summed E-state index contributed by atoms with van der Waals surface area (Å²) in [5.74, 6) is -0.818. The number of hydrogen-bond acceptors (Lipinski definition) is 1. The van der Waals surface area contributed by atoms with E-state index >= 15 is 0 Å². The van der Waals surface area contributed by atoms with Crippen LogP contribution in [0.3, 0.4) is 0 Å². The smallest absolute Gasteiger partial charge is 0.303 e. The summed E-state index contributed by atoms with van der Waals surface area (Å²) < 4.78 is 0. The third kappa shape index (κ3) is 3.82. The number of allylic oxidation sites excluding steroid dienone is 1. The highest BCUT2D eigenvalue weighted by Crippen LogP contribution is 2.30. The molecule has 0 heterocycles. The standard InChI is InChI=1S/C18H18O2/c1-14(15-8-4-2-5-9-15)12-17(13-18(19)20)16-10-6-3-7-11-16/h2-11,17H,1,12-13H2,(H,19,20). The summed E-state index contributed by atoms with van der Waals surface area (Å²) in [5, 5.41) is 9.10. The number of benzene rings is 2. The Morgan fingerprint density at radius 3 is 2.05 bits per heavy atom. The zero-order valence-corrected chi connectivity index (χ0v) is 11.3. The Balaban J connectivity index is 2.16. The van der Waals surface area contributed by atoms with E-state index in [4.69, 9.17) is 5.11 Å². The summed E-state index contributed by atoms with van der Waals surface area (Å²) in [5.41, 5.74) is 3.09. The second-order valence-corrected chi connectivity index (χ2v) is 4.88. The molecular formula is C18H18O2. The topological polar surface area (TPSA) is 37.3 Å². The fraction of sp³-hybridized carbons (Fsp3) is 0.167. The maximum atomic E-state index is 11.1. The summed E-state index contributed by atoms with van der Waals surface area (Å²) in [6, 6.07) is 19.7. The lowest BCUT2D eigenvalue weighted by Gasteiger charge is -2.17. The molecule has 0 fully saturated rings. The summed E-state index contributed by atoms with van der Waals surface area (Å²) in [4.78, 5) is 11.1. The predicted molar refractivity (Wildman–Crippen MR) is 81.5 cm³/mol. The van der Waals surface area contributed by atoms with Crippen molar-refractivity contribution in [1.29, 1.82) is 0 Å². The molecule has 2 heteroatoms. The lowest BCUT2D eigenvalue weighted by atomic mass is 9.87. The molecule has 102 valence electrons. The minimum atomic E-state index is -0.778. The molecule has 0 saturated carbocycles. The maximum absolute atomic E-state index is 11.1. The van der Waals surface area contributed by atoms with Gasteiger partial charge in [-0.15, -0.1) is 0 Å². The molecule has 1 N–H and O–H groups in total. The first-order chi connectivity index (χ1) is 9.66. The van der Waals surface area contributed by atoms with Crippen molar-refractivity contribution in [3.05, 3.63) is 78.4 Å². The Hall–Kier alpha value is -2.35. The predicted octanol–water partition coefficient (Wildman–Crippen LogP) is 4.35. The normalized spacial score (nSPS) is 11.8. The van der Waals surface area contributed by atoms with Gasteiger partial charge < -0.3 is 5.11 Å². The van der Waals surface area contributed by atoms with Crippen LogP contribution in [-0.4, -0.2) is 11.1 Å². The van der Waals surface area contributed by atoms with Gasteiger partial charge in [0.1, 0.15) is 0 Å². The number of carboxylic acid groups (broad SMARTS) is 1. The molecule has 0 radical (unpaired) electrons. The molecule has 0 aromatic heterocycles. The highest BCUT2D eigenvalue weighted by atomic mass is 16.4. The molecule has 20 heavy (non-hydrogen) atoms. The molecule has 0 saturated heterocycles. The summed E-state index contributed by atoms with van der Waals surface area (Å²) in [6.45, 7) is 4.10. The highest BCUT2D eigenvalue weighted by molar-refractivity contribution is 5.70. The summed E-state index contributed by atoms with van der Waals surface area (Å²) >= 11 is 0.